The van der Waals surface area contributed by atoms with Gasteiger partial charge in [-0.2, -0.15) is 0 Å². The molecule has 164 valence electrons. The van der Waals surface area contributed by atoms with Gasteiger partial charge in [-0.3, -0.25) is 14.5 Å². The van der Waals surface area contributed by atoms with E-state index in [0.29, 0.717) is 31.8 Å². The van der Waals surface area contributed by atoms with Crippen molar-refractivity contribution in [3.8, 4) is 0 Å². The zero-order valence-electron chi connectivity index (χ0n) is 17.4. The molecule has 2 aliphatic heterocycles. The zero-order valence-corrected chi connectivity index (χ0v) is 19.0. The van der Waals surface area contributed by atoms with E-state index in [1.807, 2.05) is 30.3 Å². The Bertz CT molecular complexity index is 960. The van der Waals surface area contributed by atoms with Gasteiger partial charge in [0, 0.05) is 35.2 Å². The normalized spacial score (nSPS) is 17.5. The molecule has 0 bridgehead atoms. The number of nitrogens with zero attached hydrogens (tertiary/aromatic N) is 2. The zero-order chi connectivity index (χ0) is 21.8. The lowest BCUT2D eigenvalue weighted by Crippen LogP contribution is -2.45. The van der Waals surface area contributed by atoms with Crippen LogP contribution in [0.15, 0.2) is 46.9 Å². The molecular weight excluding hydrogens is 461 g/mol. The number of likely N-dealkylation sites (tertiary alicyclic amines) is 1. The highest BCUT2D eigenvalue weighted by molar-refractivity contribution is 9.10. The van der Waals surface area contributed by atoms with Crippen molar-refractivity contribution in [3.05, 3.63) is 63.9 Å². The van der Waals surface area contributed by atoms with Crippen molar-refractivity contribution in [1.82, 2.24) is 10.2 Å². The second-order valence-corrected chi connectivity index (χ2v) is 9.28. The van der Waals surface area contributed by atoms with Crippen molar-refractivity contribution >= 4 is 33.4 Å². The molecule has 31 heavy (non-hydrogen) atoms. The Morgan fingerprint density at radius 2 is 1.90 bits per heavy atom. The van der Waals surface area contributed by atoms with E-state index in [9.17, 15) is 14.0 Å². The molecule has 2 aromatic carbocycles. The van der Waals surface area contributed by atoms with E-state index in [4.69, 9.17) is 0 Å². The molecule has 0 aromatic heterocycles. The van der Waals surface area contributed by atoms with Gasteiger partial charge in [0.1, 0.15) is 12.4 Å². The molecule has 0 radical (unpaired) electrons. The first-order valence-corrected chi connectivity index (χ1v) is 11.6. The summed E-state index contributed by atoms with van der Waals surface area (Å²) in [5.41, 5.74) is 2.65. The molecule has 2 aromatic rings. The number of benzene rings is 2. The Morgan fingerprint density at radius 3 is 2.68 bits per heavy atom. The lowest BCUT2D eigenvalue weighted by Gasteiger charge is -2.32. The van der Waals surface area contributed by atoms with Crippen LogP contribution in [0.25, 0.3) is 0 Å². The summed E-state index contributed by atoms with van der Waals surface area (Å²) in [6.45, 7) is 3.07. The minimum absolute atomic E-state index is 0.00794. The quantitative estimate of drug-likeness (QED) is 0.672. The second kappa shape index (κ2) is 9.92. The maximum absolute atomic E-state index is 13.9. The van der Waals surface area contributed by atoms with E-state index in [0.717, 1.165) is 47.2 Å². The molecule has 0 spiro atoms. The average Bonchev–Trinajstić information content (AvgIpc) is 2.77. The number of halogens is 2. The largest absolute Gasteiger partial charge is 0.354 e. The fourth-order valence-electron chi connectivity index (χ4n) is 4.38. The number of rotatable bonds is 6. The van der Waals surface area contributed by atoms with Gasteiger partial charge in [0.25, 0.3) is 0 Å². The highest BCUT2D eigenvalue weighted by atomic mass is 79.9. The first-order valence-electron chi connectivity index (χ1n) is 10.8. The van der Waals surface area contributed by atoms with E-state index in [1.54, 1.807) is 11.0 Å². The van der Waals surface area contributed by atoms with E-state index in [2.05, 4.69) is 26.1 Å². The number of nitrogens with one attached hydrogen (secondary N) is 1. The fourth-order valence-corrected chi connectivity index (χ4v) is 4.78. The Hall–Kier alpha value is -2.25. The molecule has 2 amide bonds. The summed E-state index contributed by atoms with van der Waals surface area (Å²) in [6, 6.07) is 12.7. The maximum atomic E-state index is 13.9. The van der Waals surface area contributed by atoms with Gasteiger partial charge in [-0.25, -0.2) is 4.39 Å². The van der Waals surface area contributed by atoms with E-state index in [1.165, 1.54) is 6.07 Å². The van der Waals surface area contributed by atoms with Gasteiger partial charge in [0.05, 0.1) is 0 Å². The van der Waals surface area contributed by atoms with Crippen molar-refractivity contribution in [3.63, 3.8) is 0 Å². The van der Waals surface area contributed by atoms with Gasteiger partial charge in [-0.1, -0.05) is 34.1 Å². The molecule has 0 saturated carbocycles. The van der Waals surface area contributed by atoms with Crippen LogP contribution >= 0.6 is 15.9 Å². The summed E-state index contributed by atoms with van der Waals surface area (Å²) in [6.07, 6.45) is 3.07. The van der Waals surface area contributed by atoms with Gasteiger partial charge in [0.2, 0.25) is 11.8 Å². The average molecular weight is 488 g/mol. The number of carbonyl (C=O) groups is 2. The minimum Gasteiger partial charge on any atom is -0.354 e. The first kappa shape index (κ1) is 22.0. The van der Waals surface area contributed by atoms with E-state index >= 15 is 0 Å². The number of aryl methyl sites for hydroxylation is 1. The Labute approximate surface area is 190 Å². The number of hydrogen-bond acceptors (Lipinski definition) is 3. The van der Waals surface area contributed by atoms with E-state index < -0.39 is 0 Å². The molecule has 1 saturated heterocycles. The van der Waals surface area contributed by atoms with Gasteiger partial charge in [-0.15, -0.1) is 0 Å². The third kappa shape index (κ3) is 5.52. The smallest absolute Gasteiger partial charge is 0.240 e. The van der Waals surface area contributed by atoms with Crippen LogP contribution in [0.1, 0.15) is 30.4 Å². The molecule has 0 unspecified atom stereocenters. The molecule has 4 rings (SSSR count). The summed E-state index contributed by atoms with van der Waals surface area (Å²) in [7, 11) is 0. The van der Waals surface area contributed by atoms with Crippen LogP contribution in [0.2, 0.25) is 0 Å². The molecule has 2 aliphatic rings. The van der Waals surface area contributed by atoms with Gasteiger partial charge < -0.3 is 10.2 Å². The van der Waals surface area contributed by atoms with E-state index in [-0.39, 0.29) is 24.2 Å². The lowest BCUT2D eigenvalue weighted by molar-refractivity contribution is -0.124. The number of carbonyl (C=O) groups excluding carboxylic acids is 2. The number of piperidine rings is 1. The van der Waals surface area contributed by atoms with Crippen LogP contribution in [0.4, 0.5) is 10.1 Å². The topological polar surface area (TPSA) is 52.7 Å². The molecule has 0 atom stereocenters. The first-order chi connectivity index (χ1) is 15.0. The molecule has 5 nitrogen and oxygen atoms in total. The minimum atomic E-state index is -0.155. The highest BCUT2D eigenvalue weighted by Crippen LogP contribution is 2.30. The van der Waals surface area contributed by atoms with Gasteiger partial charge in [-0.05, 0) is 68.1 Å². The summed E-state index contributed by atoms with van der Waals surface area (Å²) >= 11 is 3.47. The number of anilines is 1. The molecule has 1 fully saturated rings. The Morgan fingerprint density at radius 1 is 1.13 bits per heavy atom. The standard InChI is InChI=1S/C24H27BrFN3O2/c25-20-6-7-22-18(13-20)5-8-24(31)29(22)16-23(30)27-14-17-9-11-28(12-10-17)15-19-3-1-2-4-21(19)26/h1-4,6-7,13,17H,5,8-12,14-16H2,(H,27,30). The Kier molecular flexibility index (Phi) is 7.02. The van der Waals surface area contributed by atoms with Crippen LogP contribution in [-0.2, 0) is 22.6 Å². The summed E-state index contributed by atoms with van der Waals surface area (Å²) in [5, 5.41) is 3.02. The monoisotopic (exact) mass is 487 g/mol. The fraction of sp³-hybridized carbons (Fsp3) is 0.417. The molecular formula is C24H27BrFN3O2. The highest BCUT2D eigenvalue weighted by Gasteiger charge is 2.27. The molecule has 2 heterocycles. The van der Waals surface area contributed by atoms with Crippen LogP contribution in [0.3, 0.4) is 0 Å². The van der Waals surface area contributed by atoms with Crippen LogP contribution in [0.5, 0.6) is 0 Å². The summed E-state index contributed by atoms with van der Waals surface area (Å²) in [5.74, 6) is 0.114. The van der Waals surface area contributed by atoms with Gasteiger partial charge >= 0.3 is 0 Å². The van der Waals surface area contributed by atoms with Crippen LogP contribution in [0, 0.1) is 11.7 Å². The van der Waals surface area contributed by atoms with Crippen LogP contribution < -0.4 is 10.2 Å². The van der Waals surface area contributed by atoms with Crippen molar-refractivity contribution in [2.24, 2.45) is 5.92 Å². The number of amides is 2. The third-order valence-electron chi connectivity index (χ3n) is 6.19. The van der Waals surface area contributed by atoms with Crippen molar-refractivity contribution in [1.29, 1.82) is 0 Å². The molecule has 1 N–H and O–H groups in total. The van der Waals surface area contributed by atoms with Crippen LogP contribution in [-0.4, -0.2) is 42.9 Å². The maximum Gasteiger partial charge on any atom is 0.240 e. The lowest BCUT2D eigenvalue weighted by atomic mass is 9.96. The second-order valence-electron chi connectivity index (χ2n) is 8.37. The molecule has 0 aliphatic carbocycles. The predicted molar refractivity (Wildman–Crippen MR) is 122 cm³/mol. The SMILES string of the molecule is O=C(CN1C(=O)CCc2cc(Br)ccc21)NCC1CCN(Cc2ccccc2F)CC1. The predicted octanol–water partition coefficient (Wildman–Crippen LogP) is 3.90. The van der Waals surface area contributed by atoms with Crippen molar-refractivity contribution < 1.29 is 14.0 Å². The number of hydrogen-bond donors (Lipinski definition) is 1. The van der Waals surface area contributed by atoms with Gasteiger partial charge in [0.15, 0.2) is 0 Å². The summed E-state index contributed by atoms with van der Waals surface area (Å²) < 4.78 is 14.8. The molecule has 7 heteroatoms. The Balaban J connectivity index is 1.24. The third-order valence-corrected chi connectivity index (χ3v) is 6.68. The number of fused-ring (bicyclic) bond motifs is 1. The van der Waals surface area contributed by atoms with Crippen molar-refractivity contribution in [2.75, 3.05) is 31.1 Å². The van der Waals surface area contributed by atoms with Crippen molar-refractivity contribution in [2.45, 2.75) is 32.2 Å². The summed E-state index contributed by atoms with van der Waals surface area (Å²) in [4.78, 5) is 28.8.